The van der Waals surface area contributed by atoms with E-state index in [9.17, 15) is 9.59 Å². The second-order valence-electron chi connectivity index (χ2n) is 8.73. The van der Waals surface area contributed by atoms with Gasteiger partial charge in [-0.1, -0.05) is 17.5 Å². The number of amides is 2. The van der Waals surface area contributed by atoms with Crippen LogP contribution in [0.4, 0.5) is 0 Å². The summed E-state index contributed by atoms with van der Waals surface area (Å²) in [5.41, 5.74) is 1.21. The topological polar surface area (TPSA) is 62.9 Å². The van der Waals surface area contributed by atoms with Gasteiger partial charge in [-0.2, -0.15) is 0 Å². The number of aromatic amines is 1. The van der Waals surface area contributed by atoms with E-state index in [0.29, 0.717) is 29.8 Å². The first-order valence-corrected chi connectivity index (χ1v) is 11.5. The van der Waals surface area contributed by atoms with Gasteiger partial charge in [-0.15, -0.1) is 6.42 Å². The van der Waals surface area contributed by atoms with Gasteiger partial charge in [0.2, 0.25) is 5.91 Å². The van der Waals surface area contributed by atoms with E-state index in [1.165, 1.54) is 17.7 Å². The molecule has 1 aromatic heterocycles. The normalized spacial score (nSPS) is 18.6. The van der Waals surface area contributed by atoms with Gasteiger partial charge in [0.15, 0.2) is 0 Å². The summed E-state index contributed by atoms with van der Waals surface area (Å²) in [6, 6.07) is 7.75. The van der Waals surface area contributed by atoms with E-state index in [2.05, 4.69) is 27.8 Å². The zero-order valence-corrected chi connectivity index (χ0v) is 19.3. The molecule has 4 rings (SSSR count). The number of rotatable bonds is 5. The maximum absolute atomic E-state index is 13.1. The Balaban J connectivity index is 1.36. The van der Waals surface area contributed by atoms with Crippen LogP contribution in [0.2, 0.25) is 5.02 Å². The molecule has 0 spiro atoms. The molecule has 0 aliphatic carbocycles. The minimum atomic E-state index is -0.284. The SMILES string of the molecule is C#CCN(CC(=O)N1CCN(C2CCN(C)CC2)CC1)C(=O)c1cc2cc(Cl)ccc2[nH]1. The largest absolute Gasteiger partial charge is 0.351 e. The Morgan fingerprint density at radius 1 is 1.16 bits per heavy atom. The van der Waals surface area contributed by atoms with Crippen molar-refractivity contribution in [3.8, 4) is 12.3 Å². The number of carbonyl (C=O) groups is 2. The van der Waals surface area contributed by atoms with Gasteiger partial charge < -0.3 is 19.7 Å². The Labute approximate surface area is 194 Å². The molecule has 2 aromatic rings. The third-order valence-corrected chi connectivity index (χ3v) is 6.82. The molecule has 170 valence electrons. The number of piperazine rings is 1. The summed E-state index contributed by atoms with van der Waals surface area (Å²) in [7, 11) is 2.17. The average Bonchev–Trinajstić information content (AvgIpc) is 3.22. The molecule has 0 radical (unpaired) electrons. The molecule has 0 unspecified atom stereocenters. The molecule has 0 saturated carbocycles. The van der Waals surface area contributed by atoms with Crippen LogP contribution in [-0.2, 0) is 4.79 Å². The number of halogens is 1. The first-order valence-electron chi connectivity index (χ1n) is 11.2. The zero-order valence-electron chi connectivity index (χ0n) is 18.5. The van der Waals surface area contributed by atoms with Crippen LogP contribution in [0.15, 0.2) is 24.3 Å². The highest BCUT2D eigenvalue weighted by Crippen LogP contribution is 2.21. The van der Waals surface area contributed by atoms with Crippen LogP contribution >= 0.6 is 11.6 Å². The summed E-state index contributed by atoms with van der Waals surface area (Å²) < 4.78 is 0. The Hall–Kier alpha value is -2.53. The molecule has 8 heteroatoms. The lowest BCUT2D eigenvalue weighted by Gasteiger charge is -2.42. The van der Waals surface area contributed by atoms with Crippen LogP contribution in [0.3, 0.4) is 0 Å². The monoisotopic (exact) mass is 455 g/mol. The summed E-state index contributed by atoms with van der Waals surface area (Å²) >= 11 is 6.05. The van der Waals surface area contributed by atoms with Gasteiger partial charge >= 0.3 is 0 Å². The van der Waals surface area contributed by atoms with Gasteiger partial charge in [-0.3, -0.25) is 14.5 Å². The van der Waals surface area contributed by atoms with Gasteiger partial charge in [0.1, 0.15) is 12.2 Å². The summed E-state index contributed by atoms with van der Waals surface area (Å²) in [6.45, 7) is 5.46. The predicted molar refractivity (Wildman–Crippen MR) is 127 cm³/mol. The fraction of sp³-hybridized carbons (Fsp3) is 0.500. The van der Waals surface area contributed by atoms with E-state index < -0.39 is 0 Å². The highest BCUT2D eigenvalue weighted by molar-refractivity contribution is 6.31. The summed E-state index contributed by atoms with van der Waals surface area (Å²) in [5.74, 6) is 2.17. The van der Waals surface area contributed by atoms with E-state index in [0.717, 1.165) is 37.1 Å². The lowest BCUT2D eigenvalue weighted by molar-refractivity contribution is -0.134. The van der Waals surface area contributed by atoms with Gasteiger partial charge in [-0.25, -0.2) is 0 Å². The standard InChI is InChI=1S/C24H30ClN5O2/c1-3-8-30(24(32)22-16-18-15-19(25)4-5-21(18)26-22)17-23(31)29-13-11-28(12-14-29)20-6-9-27(2)10-7-20/h1,4-5,15-16,20,26H,6-14,17H2,2H3. The van der Waals surface area contributed by atoms with Crippen molar-refractivity contribution >= 4 is 34.3 Å². The van der Waals surface area contributed by atoms with Crippen LogP contribution in [0.1, 0.15) is 23.3 Å². The second kappa shape index (κ2) is 9.95. The predicted octanol–water partition coefficient (Wildman–Crippen LogP) is 2.14. The molecule has 2 saturated heterocycles. The number of nitrogens with zero attached hydrogens (tertiary/aromatic N) is 4. The van der Waals surface area contributed by atoms with Crippen LogP contribution in [0.5, 0.6) is 0 Å². The Bertz CT molecular complexity index is 1010. The van der Waals surface area contributed by atoms with Crippen LogP contribution in [0, 0.1) is 12.3 Å². The number of fused-ring (bicyclic) bond motifs is 1. The van der Waals surface area contributed by atoms with Crippen molar-refractivity contribution in [2.24, 2.45) is 0 Å². The molecule has 7 nitrogen and oxygen atoms in total. The van der Waals surface area contributed by atoms with Crippen molar-refractivity contribution in [3.63, 3.8) is 0 Å². The van der Waals surface area contributed by atoms with E-state index in [1.54, 1.807) is 18.2 Å². The van der Waals surface area contributed by atoms with Crippen molar-refractivity contribution in [3.05, 3.63) is 35.0 Å². The van der Waals surface area contributed by atoms with Crippen molar-refractivity contribution in [1.82, 2.24) is 24.6 Å². The molecule has 32 heavy (non-hydrogen) atoms. The maximum atomic E-state index is 13.1. The molecule has 1 aromatic carbocycles. The van der Waals surface area contributed by atoms with Crippen molar-refractivity contribution < 1.29 is 9.59 Å². The highest BCUT2D eigenvalue weighted by atomic mass is 35.5. The van der Waals surface area contributed by atoms with Crippen LogP contribution in [-0.4, -0.2) is 102 Å². The first-order chi connectivity index (χ1) is 15.4. The molecule has 2 fully saturated rings. The number of hydrogen-bond acceptors (Lipinski definition) is 4. The van der Waals surface area contributed by atoms with E-state index in [-0.39, 0.29) is 24.9 Å². The molecule has 2 aliphatic heterocycles. The van der Waals surface area contributed by atoms with Crippen molar-refractivity contribution in [2.45, 2.75) is 18.9 Å². The first kappa shape index (κ1) is 22.7. The third kappa shape index (κ3) is 5.09. The number of piperidine rings is 1. The molecule has 3 heterocycles. The number of H-pyrrole nitrogens is 1. The molecule has 2 amide bonds. The van der Waals surface area contributed by atoms with E-state index >= 15 is 0 Å². The highest BCUT2D eigenvalue weighted by Gasteiger charge is 2.29. The average molecular weight is 456 g/mol. The molecule has 2 aliphatic rings. The smallest absolute Gasteiger partial charge is 0.271 e. The third-order valence-electron chi connectivity index (χ3n) is 6.58. The Kier molecular flexibility index (Phi) is 7.04. The van der Waals surface area contributed by atoms with Crippen molar-refractivity contribution in [2.75, 3.05) is 59.4 Å². The number of aromatic nitrogens is 1. The minimum Gasteiger partial charge on any atom is -0.351 e. The molecular formula is C24H30ClN5O2. The summed E-state index contributed by atoms with van der Waals surface area (Å²) in [5, 5.41) is 1.45. The fourth-order valence-corrected chi connectivity index (χ4v) is 4.84. The summed E-state index contributed by atoms with van der Waals surface area (Å²) in [6.07, 6.45) is 7.87. The molecule has 0 bridgehead atoms. The van der Waals surface area contributed by atoms with Gasteiger partial charge in [0.25, 0.3) is 5.91 Å². The lowest BCUT2D eigenvalue weighted by Crippen LogP contribution is -2.55. The van der Waals surface area contributed by atoms with Gasteiger partial charge in [-0.05, 0) is 57.2 Å². The van der Waals surface area contributed by atoms with Gasteiger partial charge in [0.05, 0.1) is 6.54 Å². The number of terminal acetylenes is 1. The zero-order chi connectivity index (χ0) is 22.7. The number of nitrogens with one attached hydrogen (secondary N) is 1. The number of benzene rings is 1. The minimum absolute atomic E-state index is 0.0205. The molecule has 0 atom stereocenters. The van der Waals surface area contributed by atoms with Gasteiger partial charge in [0, 0.05) is 48.1 Å². The quantitative estimate of drug-likeness (QED) is 0.702. The number of carbonyl (C=O) groups excluding carboxylic acids is 2. The van der Waals surface area contributed by atoms with Crippen LogP contribution in [0.25, 0.3) is 10.9 Å². The maximum Gasteiger partial charge on any atom is 0.271 e. The molecular weight excluding hydrogens is 426 g/mol. The van der Waals surface area contributed by atoms with Crippen molar-refractivity contribution in [1.29, 1.82) is 0 Å². The Morgan fingerprint density at radius 3 is 2.56 bits per heavy atom. The number of likely N-dealkylation sites (tertiary alicyclic amines) is 1. The fourth-order valence-electron chi connectivity index (χ4n) is 4.66. The van der Waals surface area contributed by atoms with E-state index in [1.807, 2.05) is 11.0 Å². The van der Waals surface area contributed by atoms with Crippen LogP contribution < -0.4 is 0 Å². The lowest BCUT2D eigenvalue weighted by atomic mass is 10.0. The Morgan fingerprint density at radius 2 is 1.88 bits per heavy atom. The van der Waals surface area contributed by atoms with E-state index in [4.69, 9.17) is 18.0 Å². The summed E-state index contributed by atoms with van der Waals surface area (Å²) in [4.78, 5) is 37.3. The second-order valence-corrected chi connectivity index (χ2v) is 9.17. The molecule has 1 N–H and O–H groups in total. The number of hydrogen-bond donors (Lipinski definition) is 1.